The Morgan fingerprint density at radius 2 is 1.93 bits per heavy atom. The molecule has 1 saturated heterocycles. The van der Waals surface area contributed by atoms with Crippen LogP contribution in [0.1, 0.15) is 54.6 Å². The fourth-order valence-corrected chi connectivity index (χ4v) is 4.36. The summed E-state index contributed by atoms with van der Waals surface area (Å²) in [6.07, 6.45) is 5.89. The van der Waals surface area contributed by atoms with Crippen LogP contribution in [0.5, 0.6) is 0 Å². The lowest BCUT2D eigenvalue weighted by atomic mass is 9.82. The van der Waals surface area contributed by atoms with E-state index in [2.05, 4.69) is 15.5 Å². The second-order valence-corrected chi connectivity index (χ2v) is 8.18. The van der Waals surface area contributed by atoms with Gasteiger partial charge in [-0.2, -0.15) is 10.2 Å². The molecule has 1 saturated carbocycles. The van der Waals surface area contributed by atoms with Gasteiger partial charge >= 0.3 is 6.03 Å². The summed E-state index contributed by atoms with van der Waals surface area (Å²) in [6.45, 7) is 4.35. The molecule has 8 heteroatoms. The van der Waals surface area contributed by atoms with Crippen LogP contribution in [0.2, 0.25) is 5.02 Å². The van der Waals surface area contributed by atoms with Crippen molar-refractivity contribution in [2.75, 3.05) is 0 Å². The van der Waals surface area contributed by atoms with E-state index in [1.54, 1.807) is 6.21 Å². The van der Waals surface area contributed by atoms with Crippen molar-refractivity contribution < 1.29 is 9.59 Å². The number of nitrogens with one attached hydrogen (secondary N) is 1. The van der Waals surface area contributed by atoms with E-state index >= 15 is 0 Å². The van der Waals surface area contributed by atoms with Crippen LogP contribution in [-0.4, -0.2) is 38.5 Å². The molecule has 29 heavy (non-hydrogen) atoms. The second kappa shape index (κ2) is 7.63. The number of carbonyl (C=O) groups is 2. The Balaban J connectivity index is 1.56. The zero-order chi connectivity index (χ0) is 20.6. The summed E-state index contributed by atoms with van der Waals surface area (Å²) in [5.74, 6) is -0.253. The van der Waals surface area contributed by atoms with Gasteiger partial charge in [0.1, 0.15) is 5.54 Å². The molecule has 0 bridgehead atoms. The van der Waals surface area contributed by atoms with Crippen LogP contribution in [0.3, 0.4) is 0 Å². The van der Waals surface area contributed by atoms with E-state index in [1.165, 1.54) is 0 Å². The van der Waals surface area contributed by atoms with Crippen molar-refractivity contribution in [1.29, 1.82) is 0 Å². The number of benzene rings is 1. The largest absolute Gasteiger partial charge is 0.346 e. The molecular weight excluding hydrogens is 390 g/mol. The summed E-state index contributed by atoms with van der Waals surface area (Å²) in [4.78, 5) is 25.2. The highest BCUT2D eigenvalue weighted by molar-refractivity contribution is 6.31. The van der Waals surface area contributed by atoms with Gasteiger partial charge in [-0.05, 0) is 38.3 Å². The average molecular weight is 414 g/mol. The molecular formula is C21H24ClN5O2. The summed E-state index contributed by atoms with van der Waals surface area (Å²) in [6, 6.07) is 7.19. The van der Waals surface area contributed by atoms with E-state index < -0.39 is 11.6 Å². The number of hydrogen-bond acceptors (Lipinski definition) is 4. The van der Waals surface area contributed by atoms with Gasteiger partial charge in [0.05, 0.1) is 18.5 Å². The third-order valence-electron chi connectivity index (χ3n) is 5.87. The highest BCUT2D eigenvalue weighted by atomic mass is 35.5. The van der Waals surface area contributed by atoms with Gasteiger partial charge in [-0.1, -0.05) is 49.1 Å². The van der Waals surface area contributed by atoms with E-state index in [0.717, 1.165) is 46.8 Å². The third-order valence-corrected chi connectivity index (χ3v) is 6.23. The zero-order valence-electron chi connectivity index (χ0n) is 16.6. The molecule has 152 valence electrons. The van der Waals surface area contributed by atoms with Crippen LogP contribution in [0.25, 0.3) is 0 Å². The number of imide groups is 1. The highest BCUT2D eigenvalue weighted by Crippen LogP contribution is 2.33. The number of hydrogen-bond donors (Lipinski definition) is 1. The van der Waals surface area contributed by atoms with Gasteiger partial charge in [0, 0.05) is 16.3 Å². The molecule has 2 fully saturated rings. The molecule has 1 aliphatic heterocycles. The molecule has 7 nitrogen and oxygen atoms in total. The lowest BCUT2D eigenvalue weighted by molar-refractivity contribution is -0.132. The minimum atomic E-state index is -0.773. The lowest BCUT2D eigenvalue weighted by Gasteiger charge is -2.29. The van der Waals surface area contributed by atoms with Crippen molar-refractivity contribution in [2.24, 2.45) is 5.10 Å². The highest BCUT2D eigenvalue weighted by Gasteiger charge is 2.51. The molecule has 2 heterocycles. The van der Waals surface area contributed by atoms with Crippen molar-refractivity contribution in [3.63, 3.8) is 0 Å². The van der Waals surface area contributed by atoms with E-state index in [-0.39, 0.29) is 5.91 Å². The first kappa shape index (κ1) is 19.6. The maximum Gasteiger partial charge on any atom is 0.346 e. The van der Waals surface area contributed by atoms with Crippen molar-refractivity contribution in [3.8, 4) is 0 Å². The van der Waals surface area contributed by atoms with Crippen LogP contribution in [0, 0.1) is 13.8 Å². The Hall–Kier alpha value is -2.67. The number of rotatable bonds is 4. The smallest absolute Gasteiger partial charge is 0.321 e. The Kier molecular flexibility index (Phi) is 5.17. The van der Waals surface area contributed by atoms with Crippen LogP contribution in [0.4, 0.5) is 4.79 Å². The van der Waals surface area contributed by atoms with Gasteiger partial charge in [0.2, 0.25) is 0 Å². The summed E-state index contributed by atoms with van der Waals surface area (Å²) < 4.78 is 1.85. The summed E-state index contributed by atoms with van der Waals surface area (Å²) in [5.41, 5.74) is 2.66. The molecule has 1 N–H and O–H groups in total. The van der Waals surface area contributed by atoms with Gasteiger partial charge < -0.3 is 5.32 Å². The lowest BCUT2D eigenvalue weighted by Crippen LogP contribution is -2.48. The summed E-state index contributed by atoms with van der Waals surface area (Å²) in [5, 5.41) is 13.3. The molecule has 1 aromatic carbocycles. The normalized spacial score (nSPS) is 18.8. The van der Waals surface area contributed by atoms with Crippen molar-refractivity contribution in [2.45, 2.75) is 58.0 Å². The Morgan fingerprint density at radius 1 is 1.21 bits per heavy atom. The SMILES string of the molecule is Cc1nn(Cc2ccccc2Cl)c(C)c1C=NN1C(=O)NC2(CCCCC2)C1=O. The maximum absolute atomic E-state index is 12.9. The monoisotopic (exact) mass is 413 g/mol. The zero-order valence-corrected chi connectivity index (χ0v) is 17.4. The molecule has 0 unspecified atom stereocenters. The molecule has 4 rings (SSSR count). The number of urea groups is 1. The van der Waals surface area contributed by atoms with E-state index in [4.69, 9.17) is 11.6 Å². The molecule has 0 radical (unpaired) electrons. The summed E-state index contributed by atoms with van der Waals surface area (Å²) >= 11 is 6.27. The van der Waals surface area contributed by atoms with Crippen LogP contribution in [0.15, 0.2) is 29.4 Å². The number of amides is 3. The Labute approximate surface area is 174 Å². The molecule has 1 aromatic heterocycles. The van der Waals surface area contributed by atoms with Crippen LogP contribution in [-0.2, 0) is 11.3 Å². The third kappa shape index (κ3) is 3.55. The first-order valence-electron chi connectivity index (χ1n) is 9.89. The van der Waals surface area contributed by atoms with Gasteiger partial charge in [0.25, 0.3) is 5.91 Å². The van der Waals surface area contributed by atoms with Gasteiger partial charge in [-0.3, -0.25) is 9.48 Å². The van der Waals surface area contributed by atoms with Crippen LogP contribution < -0.4 is 5.32 Å². The fraction of sp³-hybridized carbons (Fsp3) is 0.429. The minimum absolute atomic E-state index is 0.253. The van der Waals surface area contributed by atoms with E-state index in [0.29, 0.717) is 24.4 Å². The topological polar surface area (TPSA) is 79.6 Å². The molecule has 3 amide bonds. The number of nitrogens with zero attached hydrogens (tertiary/aromatic N) is 4. The molecule has 0 atom stereocenters. The Bertz CT molecular complexity index is 991. The molecule has 2 aromatic rings. The first-order chi connectivity index (χ1) is 13.9. The predicted octanol–water partition coefficient (Wildman–Crippen LogP) is 3.79. The number of aryl methyl sites for hydroxylation is 1. The second-order valence-electron chi connectivity index (χ2n) is 7.77. The quantitative estimate of drug-likeness (QED) is 0.611. The number of halogens is 1. The fourth-order valence-electron chi connectivity index (χ4n) is 4.16. The maximum atomic E-state index is 12.9. The number of carbonyl (C=O) groups excluding carboxylic acids is 2. The van der Waals surface area contributed by atoms with Crippen molar-refractivity contribution >= 4 is 29.8 Å². The van der Waals surface area contributed by atoms with Gasteiger partial charge in [-0.15, -0.1) is 5.01 Å². The van der Waals surface area contributed by atoms with E-state index in [1.807, 2.05) is 42.8 Å². The van der Waals surface area contributed by atoms with Crippen molar-refractivity contribution in [1.82, 2.24) is 20.1 Å². The number of aromatic nitrogens is 2. The average Bonchev–Trinajstić information content (AvgIpc) is 3.09. The predicted molar refractivity (Wildman–Crippen MR) is 111 cm³/mol. The van der Waals surface area contributed by atoms with E-state index in [9.17, 15) is 9.59 Å². The molecule has 1 spiro atoms. The Morgan fingerprint density at radius 3 is 2.66 bits per heavy atom. The minimum Gasteiger partial charge on any atom is -0.321 e. The standard InChI is InChI=1S/C21H24ClN5O2/c1-14-17(15(2)26(25-14)13-16-8-4-5-9-18(16)22)12-23-27-19(28)21(24-20(27)29)10-6-3-7-11-21/h4-5,8-9,12H,3,6-7,10-11,13H2,1-2H3,(H,24,29). The van der Waals surface area contributed by atoms with Crippen LogP contribution >= 0.6 is 11.6 Å². The first-order valence-corrected chi connectivity index (χ1v) is 10.3. The number of hydrazone groups is 1. The van der Waals surface area contributed by atoms with Gasteiger partial charge in [0.15, 0.2) is 0 Å². The van der Waals surface area contributed by atoms with Gasteiger partial charge in [-0.25, -0.2) is 4.79 Å². The molecule has 2 aliphatic rings. The summed E-state index contributed by atoms with van der Waals surface area (Å²) in [7, 11) is 0. The van der Waals surface area contributed by atoms with Crippen molar-refractivity contribution in [3.05, 3.63) is 51.8 Å². The molecule has 1 aliphatic carbocycles.